The van der Waals surface area contributed by atoms with Gasteiger partial charge in [-0.25, -0.2) is 4.68 Å². The summed E-state index contributed by atoms with van der Waals surface area (Å²) in [5.74, 6) is 0.480. The Bertz CT molecular complexity index is 619. The maximum absolute atomic E-state index is 10.6. The minimum Gasteiger partial charge on any atom is -0.382 e. The average Bonchev–Trinajstić information content (AvgIpc) is 2.67. The predicted octanol–water partition coefficient (Wildman–Crippen LogP) is 3.14. The lowest BCUT2D eigenvalue weighted by molar-refractivity contribution is -0.384. The van der Waals surface area contributed by atoms with Gasteiger partial charge in [0.05, 0.1) is 16.3 Å². The van der Waals surface area contributed by atoms with Crippen molar-refractivity contribution in [2.45, 2.75) is 19.8 Å². The third-order valence-corrected chi connectivity index (χ3v) is 3.12. The Morgan fingerprint density at radius 2 is 1.95 bits per heavy atom. The molecule has 0 bridgehead atoms. The zero-order chi connectivity index (χ0) is 14.2. The molecule has 0 aliphatic carbocycles. The zero-order valence-electron chi connectivity index (χ0n) is 10.5. The number of nitrogens with zero attached hydrogens (tertiary/aromatic N) is 3. The van der Waals surface area contributed by atoms with Gasteiger partial charge in [0, 0.05) is 12.1 Å². The van der Waals surface area contributed by atoms with Crippen LogP contribution in [0.1, 0.15) is 25.5 Å². The molecule has 0 unspecified atom stereocenters. The van der Waals surface area contributed by atoms with E-state index in [2.05, 4.69) is 5.10 Å². The van der Waals surface area contributed by atoms with Crippen molar-refractivity contribution in [3.8, 4) is 5.69 Å². The molecule has 1 aromatic heterocycles. The van der Waals surface area contributed by atoms with Crippen LogP contribution in [0.2, 0.25) is 5.02 Å². The fraction of sp³-hybridized carbons (Fsp3) is 0.250. The van der Waals surface area contributed by atoms with E-state index >= 15 is 0 Å². The largest absolute Gasteiger partial charge is 0.382 e. The van der Waals surface area contributed by atoms with Crippen LogP contribution in [-0.2, 0) is 0 Å². The molecule has 2 N–H and O–H groups in total. The molecule has 0 radical (unpaired) electrons. The van der Waals surface area contributed by atoms with Crippen LogP contribution in [0.25, 0.3) is 5.69 Å². The molecule has 0 saturated heterocycles. The van der Waals surface area contributed by atoms with Crippen molar-refractivity contribution in [1.82, 2.24) is 9.78 Å². The van der Waals surface area contributed by atoms with Crippen LogP contribution in [0.5, 0.6) is 0 Å². The molecule has 0 amide bonds. The number of benzene rings is 1. The summed E-state index contributed by atoms with van der Waals surface area (Å²) in [6, 6.07) is 5.97. The monoisotopic (exact) mass is 280 g/mol. The van der Waals surface area contributed by atoms with Crippen LogP contribution in [0, 0.1) is 10.1 Å². The molecule has 2 aromatic rings. The number of nitrogens with two attached hydrogens (primary N) is 1. The predicted molar refractivity (Wildman–Crippen MR) is 73.7 cm³/mol. The molecular weight excluding hydrogens is 268 g/mol. The van der Waals surface area contributed by atoms with Crippen molar-refractivity contribution >= 4 is 23.1 Å². The van der Waals surface area contributed by atoms with E-state index in [-0.39, 0.29) is 11.6 Å². The van der Waals surface area contributed by atoms with Gasteiger partial charge < -0.3 is 5.73 Å². The standard InChI is InChI=1S/C12H13ClN4O2/c1-7(2)11-10(13)12(14)16(15-11)8-3-5-9(6-4-8)17(18)19/h3-7H,14H2,1-2H3. The molecule has 0 aliphatic rings. The van der Waals surface area contributed by atoms with E-state index < -0.39 is 4.92 Å². The van der Waals surface area contributed by atoms with Crippen LogP contribution in [-0.4, -0.2) is 14.7 Å². The van der Waals surface area contributed by atoms with Gasteiger partial charge in [-0.05, 0) is 18.1 Å². The van der Waals surface area contributed by atoms with E-state index in [0.717, 1.165) is 0 Å². The minimum atomic E-state index is -0.456. The van der Waals surface area contributed by atoms with Gasteiger partial charge in [0.25, 0.3) is 5.69 Å². The molecular formula is C12H13ClN4O2. The van der Waals surface area contributed by atoms with Crippen molar-refractivity contribution < 1.29 is 4.92 Å². The van der Waals surface area contributed by atoms with Crippen molar-refractivity contribution in [1.29, 1.82) is 0 Å². The van der Waals surface area contributed by atoms with E-state index in [9.17, 15) is 10.1 Å². The number of nitro benzene ring substituents is 1. The summed E-state index contributed by atoms with van der Waals surface area (Å²) in [5.41, 5.74) is 7.27. The fourth-order valence-electron chi connectivity index (χ4n) is 1.71. The molecule has 2 rings (SSSR count). The first kappa shape index (κ1) is 13.4. The van der Waals surface area contributed by atoms with Crippen molar-refractivity contribution in [2.24, 2.45) is 0 Å². The lowest BCUT2D eigenvalue weighted by Crippen LogP contribution is -2.02. The highest BCUT2D eigenvalue weighted by atomic mass is 35.5. The number of nitrogen functional groups attached to an aromatic ring is 1. The average molecular weight is 281 g/mol. The molecule has 0 atom stereocenters. The number of halogens is 1. The quantitative estimate of drug-likeness (QED) is 0.691. The van der Waals surface area contributed by atoms with Crippen molar-refractivity contribution in [3.05, 3.63) is 45.1 Å². The Labute approximate surface area is 114 Å². The molecule has 0 fully saturated rings. The first-order valence-corrected chi connectivity index (χ1v) is 6.08. The number of anilines is 1. The van der Waals surface area contributed by atoms with Gasteiger partial charge in [0.2, 0.25) is 0 Å². The first-order valence-electron chi connectivity index (χ1n) is 5.70. The number of non-ortho nitro benzene ring substituents is 1. The van der Waals surface area contributed by atoms with Gasteiger partial charge in [-0.2, -0.15) is 5.10 Å². The van der Waals surface area contributed by atoms with E-state index in [1.807, 2.05) is 13.8 Å². The molecule has 0 spiro atoms. The first-order chi connectivity index (χ1) is 8.91. The SMILES string of the molecule is CC(C)c1nn(-c2ccc([N+](=O)[O-])cc2)c(N)c1Cl. The second-order valence-corrected chi connectivity index (χ2v) is 4.80. The van der Waals surface area contributed by atoms with Gasteiger partial charge in [0.1, 0.15) is 10.8 Å². The molecule has 0 aliphatic heterocycles. The van der Waals surface area contributed by atoms with Crippen LogP contribution in [0.15, 0.2) is 24.3 Å². The molecule has 1 heterocycles. The van der Waals surface area contributed by atoms with E-state index in [1.165, 1.54) is 16.8 Å². The third-order valence-electron chi connectivity index (χ3n) is 2.74. The second kappa shape index (κ2) is 4.89. The zero-order valence-corrected chi connectivity index (χ0v) is 11.3. The highest BCUT2D eigenvalue weighted by Gasteiger charge is 2.17. The smallest absolute Gasteiger partial charge is 0.269 e. The summed E-state index contributed by atoms with van der Waals surface area (Å²) in [7, 11) is 0. The number of nitro groups is 1. The third kappa shape index (κ3) is 2.39. The number of hydrogen-bond donors (Lipinski definition) is 1. The number of hydrogen-bond acceptors (Lipinski definition) is 4. The second-order valence-electron chi connectivity index (χ2n) is 4.42. The van der Waals surface area contributed by atoms with E-state index in [4.69, 9.17) is 17.3 Å². The van der Waals surface area contributed by atoms with Gasteiger partial charge in [0.15, 0.2) is 0 Å². The van der Waals surface area contributed by atoms with Gasteiger partial charge in [-0.1, -0.05) is 25.4 Å². The van der Waals surface area contributed by atoms with E-state index in [0.29, 0.717) is 22.2 Å². The highest BCUT2D eigenvalue weighted by molar-refractivity contribution is 6.33. The van der Waals surface area contributed by atoms with Crippen molar-refractivity contribution in [2.75, 3.05) is 5.73 Å². The fourth-order valence-corrected chi connectivity index (χ4v) is 2.05. The maximum atomic E-state index is 10.6. The lowest BCUT2D eigenvalue weighted by Gasteiger charge is -2.03. The normalized spacial score (nSPS) is 10.9. The molecule has 6 nitrogen and oxygen atoms in total. The summed E-state index contributed by atoms with van der Waals surface area (Å²) in [6.45, 7) is 3.93. The summed E-state index contributed by atoms with van der Waals surface area (Å²) in [5, 5.41) is 15.4. The number of rotatable bonds is 3. The Hall–Kier alpha value is -2.08. The van der Waals surface area contributed by atoms with Crippen molar-refractivity contribution in [3.63, 3.8) is 0 Å². The number of aromatic nitrogens is 2. The molecule has 7 heteroatoms. The summed E-state index contributed by atoms with van der Waals surface area (Å²) in [4.78, 5) is 10.1. The highest BCUT2D eigenvalue weighted by Crippen LogP contribution is 2.30. The maximum Gasteiger partial charge on any atom is 0.269 e. The molecule has 19 heavy (non-hydrogen) atoms. The summed E-state index contributed by atoms with van der Waals surface area (Å²) < 4.78 is 1.49. The van der Waals surface area contributed by atoms with Gasteiger partial charge in [-0.3, -0.25) is 10.1 Å². The van der Waals surface area contributed by atoms with Gasteiger partial charge >= 0.3 is 0 Å². The lowest BCUT2D eigenvalue weighted by atomic mass is 10.1. The van der Waals surface area contributed by atoms with E-state index in [1.54, 1.807) is 12.1 Å². The summed E-state index contributed by atoms with van der Waals surface area (Å²) >= 11 is 6.12. The Kier molecular flexibility index (Phi) is 3.44. The summed E-state index contributed by atoms with van der Waals surface area (Å²) in [6.07, 6.45) is 0. The molecule has 1 aromatic carbocycles. The van der Waals surface area contributed by atoms with Gasteiger partial charge in [-0.15, -0.1) is 0 Å². The van der Waals surface area contributed by atoms with Crippen LogP contribution in [0.4, 0.5) is 11.5 Å². The molecule has 100 valence electrons. The van der Waals surface area contributed by atoms with Crippen LogP contribution in [0.3, 0.4) is 0 Å². The Morgan fingerprint density at radius 3 is 2.37 bits per heavy atom. The van der Waals surface area contributed by atoms with Crippen LogP contribution < -0.4 is 5.73 Å². The Balaban J connectivity index is 2.47. The van der Waals surface area contributed by atoms with Crippen LogP contribution >= 0.6 is 11.6 Å². The molecule has 0 saturated carbocycles. The minimum absolute atomic E-state index is 0.0182. The topological polar surface area (TPSA) is 87.0 Å². The Morgan fingerprint density at radius 1 is 1.37 bits per heavy atom.